The Bertz CT molecular complexity index is 1980. The number of aromatic nitrogens is 4. The van der Waals surface area contributed by atoms with Gasteiger partial charge in [-0.2, -0.15) is 0 Å². The summed E-state index contributed by atoms with van der Waals surface area (Å²) in [7, 11) is 0. The molecule has 226 valence electrons. The van der Waals surface area contributed by atoms with Crippen LogP contribution in [0.15, 0.2) is 6.07 Å². The van der Waals surface area contributed by atoms with Gasteiger partial charge in [-0.15, -0.1) is 0 Å². The first-order valence-electron chi connectivity index (χ1n) is 14.4. The van der Waals surface area contributed by atoms with Crippen molar-refractivity contribution in [3.05, 3.63) is 89.2 Å². The number of H-pyrrole nitrogens is 4. The fourth-order valence-electron chi connectivity index (χ4n) is 6.18. The van der Waals surface area contributed by atoms with Gasteiger partial charge in [-0.3, -0.25) is 9.59 Å². The molecule has 1 aliphatic heterocycles. The summed E-state index contributed by atoms with van der Waals surface area (Å²) in [6.07, 6.45) is 6.72. The molecule has 0 amide bonds. The number of hydrogen-bond donors (Lipinski definition) is 8. The number of aromatic amines is 4. The molecule has 0 aromatic carbocycles. The van der Waals surface area contributed by atoms with Crippen molar-refractivity contribution < 1.29 is 30.0 Å². The second-order valence-electron chi connectivity index (χ2n) is 11.4. The summed E-state index contributed by atoms with van der Waals surface area (Å²) in [6.45, 7) is 9.27. The molecular formula is C33H38N4O6. The lowest BCUT2D eigenvalue weighted by molar-refractivity contribution is -0.138. The summed E-state index contributed by atoms with van der Waals surface area (Å²) >= 11 is 0. The van der Waals surface area contributed by atoms with E-state index in [-0.39, 0.29) is 12.8 Å². The molecular weight excluding hydrogens is 548 g/mol. The van der Waals surface area contributed by atoms with Crippen molar-refractivity contribution in [3.63, 3.8) is 0 Å². The van der Waals surface area contributed by atoms with Gasteiger partial charge in [0, 0.05) is 68.1 Å². The minimum Gasteiger partial charge on any atom is -0.481 e. The number of fused-ring (bicyclic) bond motifs is 8. The fourth-order valence-corrected chi connectivity index (χ4v) is 6.18. The first kappa shape index (κ1) is 29.9. The van der Waals surface area contributed by atoms with Crippen molar-refractivity contribution in [2.24, 2.45) is 0 Å². The maximum atomic E-state index is 11.5. The average Bonchev–Trinajstić information content (AvgIpc) is 3.61. The Balaban J connectivity index is 1.90. The molecule has 0 unspecified atom stereocenters. The molecule has 10 nitrogen and oxygen atoms in total. The van der Waals surface area contributed by atoms with E-state index in [2.05, 4.69) is 19.9 Å². The Hall–Kier alpha value is -4.54. The molecule has 0 saturated carbocycles. The summed E-state index contributed by atoms with van der Waals surface area (Å²) in [4.78, 5) is 36.8. The lowest BCUT2D eigenvalue weighted by atomic mass is 10.0. The Morgan fingerprint density at radius 3 is 1.88 bits per heavy atom. The lowest BCUT2D eigenvalue weighted by Gasteiger charge is -2.05. The standard InChI is InChI=1S/C33H38N4O6/c1-15-22(7-9-31(42)43)27-14-26-20(6-8-30(40)41)10-21(34-26)11-28-32(18(4)38)17(3)25(36-28)13-29-33(19(5)39)16(2)24(37-29)12-23(15)35-27/h10-14,18-19,34-39H,6-9H2,1-5H3,(H,40,41)(H,42,43)/t18-,19-/m1/s1. The van der Waals surface area contributed by atoms with Crippen LogP contribution >= 0.6 is 0 Å². The smallest absolute Gasteiger partial charge is 0.303 e. The minimum atomic E-state index is -0.903. The Labute approximate surface area is 247 Å². The molecule has 8 bridgehead atoms. The van der Waals surface area contributed by atoms with Gasteiger partial charge in [-0.05, 0) is 106 Å². The van der Waals surface area contributed by atoms with Crippen molar-refractivity contribution in [3.8, 4) is 0 Å². The molecule has 5 heterocycles. The van der Waals surface area contributed by atoms with E-state index in [0.29, 0.717) is 23.9 Å². The fraction of sp³-hybridized carbons (Fsp3) is 0.333. The highest BCUT2D eigenvalue weighted by molar-refractivity contribution is 5.69. The van der Waals surface area contributed by atoms with Crippen LogP contribution in [0.4, 0.5) is 0 Å². The van der Waals surface area contributed by atoms with Crippen LogP contribution in [0, 0.1) is 20.8 Å². The maximum absolute atomic E-state index is 11.5. The van der Waals surface area contributed by atoms with Crippen molar-refractivity contribution in [1.82, 2.24) is 19.9 Å². The highest BCUT2D eigenvalue weighted by Gasteiger charge is 2.19. The van der Waals surface area contributed by atoms with Crippen LogP contribution in [0.1, 0.15) is 101 Å². The monoisotopic (exact) mass is 586 g/mol. The predicted octanol–water partition coefficient (Wildman–Crippen LogP) is 1.69. The van der Waals surface area contributed by atoms with Gasteiger partial charge in [-0.1, -0.05) is 0 Å². The van der Waals surface area contributed by atoms with Crippen LogP contribution in [0.3, 0.4) is 0 Å². The summed E-state index contributed by atoms with van der Waals surface area (Å²) in [5, 5.41) is 43.3. The molecule has 0 radical (unpaired) electrons. The van der Waals surface area contributed by atoms with Gasteiger partial charge in [-0.25, -0.2) is 0 Å². The molecule has 0 saturated heterocycles. The van der Waals surface area contributed by atoms with Gasteiger partial charge >= 0.3 is 11.9 Å². The second-order valence-corrected chi connectivity index (χ2v) is 11.4. The third kappa shape index (κ3) is 5.89. The van der Waals surface area contributed by atoms with E-state index in [1.807, 2.05) is 51.1 Å². The van der Waals surface area contributed by atoms with Crippen LogP contribution in [0.5, 0.6) is 0 Å². The summed E-state index contributed by atoms with van der Waals surface area (Å²) in [5.74, 6) is -1.80. The minimum absolute atomic E-state index is 0.0438. The van der Waals surface area contributed by atoms with Crippen molar-refractivity contribution in [1.29, 1.82) is 0 Å². The molecule has 4 aromatic rings. The molecule has 8 N–H and O–H groups in total. The van der Waals surface area contributed by atoms with E-state index in [4.69, 9.17) is 0 Å². The number of carboxylic acid groups (broad SMARTS) is 2. The van der Waals surface area contributed by atoms with E-state index >= 15 is 0 Å². The van der Waals surface area contributed by atoms with E-state index in [0.717, 1.165) is 72.1 Å². The summed E-state index contributed by atoms with van der Waals surface area (Å²) < 4.78 is 0. The van der Waals surface area contributed by atoms with Gasteiger partial charge < -0.3 is 40.4 Å². The number of carboxylic acids is 2. The normalized spacial score (nSPS) is 13.8. The van der Waals surface area contributed by atoms with Crippen LogP contribution in [-0.2, 0) is 22.4 Å². The third-order valence-electron chi connectivity index (χ3n) is 8.34. The zero-order chi connectivity index (χ0) is 31.2. The number of carbonyl (C=O) groups is 2. The van der Waals surface area contributed by atoms with Gasteiger partial charge in [0.2, 0.25) is 0 Å². The molecule has 0 aliphatic carbocycles. The molecule has 2 atom stereocenters. The molecule has 0 spiro atoms. The number of aliphatic carboxylic acids is 2. The Morgan fingerprint density at radius 1 is 0.651 bits per heavy atom. The van der Waals surface area contributed by atoms with Gasteiger partial charge in [0.15, 0.2) is 0 Å². The largest absolute Gasteiger partial charge is 0.481 e. The van der Waals surface area contributed by atoms with Crippen molar-refractivity contribution >= 4 is 36.2 Å². The number of hydrogen-bond acceptors (Lipinski definition) is 4. The predicted molar refractivity (Wildman–Crippen MR) is 163 cm³/mol. The first-order chi connectivity index (χ1) is 20.3. The highest BCUT2D eigenvalue weighted by Crippen LogP contribution is 2.26. The molecule has 43 heavy (non-hydrogen) atoms. The number of rotatable bonds is 8. The molecule has 1 aliphatic rings. The molecule has 0 fully saturated rings. The zero-order valence-electron chi connectivity index (χ0n) is 25.0. The van der Waals surface area contributed by atoms with Crippen molar-refractivity contribution in [2.45, 2.75) is 72.5 Å². The molecule has 4 aromatic heterocycles. The maximum Gasteiger partial charge on any atom is 0.303 e. The lowest BCUT2D eigenvalue weighted by Crippen LogP contribution is -2.14. The summed E-state index contributed by atoms with van der Waals surface area (Å²) in [5.41, 5.74) is 8.78. The SMILES string of the molecule is Cc1c2[nH]c(c1[C@@H](C)O)C=c1[nH]c(c([C@@H](C)O)c1C)=Cc1cc(CCC(=O)O)c([nH]1)C=c1[nH]c(c(C)c1CCC(=O)O)=C2. The number of aryl methyl sites for hydroxylation is 1. The zero-order valence-corrected chi connectivity index (χ0v) is 25.0. The number of aliphatic hydroxyl groups excluding tert-OH is 2. The van der Waals surface area contributed by atoms with E-state index < -0.39 is 24.1 Å². The van der Waals surface area contributed by atoms with E-state index in [1.54, 1.807) is 13.8 Å². The van der Waals surface area contributed by atoms with E-state index in [9.17, 15) is 30.0 Å². The topological polar surface area (TPSA) is 178 Å². The molecule has 5 rings (SSSR count). The summed E-state index contributed by atoms with van der Waals surface area (Å²) in [6, 6.07) is 1.91. The first-order valence-corrected chi connectivity index (χ1v) is 14.4. The average molecular weight is 587 g/mol. The number of nitrogens with one attached hydrogen (secondary N) is 4. The van der Waals surface area contributed by atoms with Crippen LogP contribution < -0.4 is 21.4 Å². The Kier molecular flexibility index (Phi) is 8.09. The number of aliphatic hydroxyl groups is 2. The van der Waals surface area contributed by atoms with Crippen LogP contribution in [0.25, 0.3) is 24.3 Å². The highest BCUT2D eigenvalue weighted by atomic mass is 16.4. The quantitative estimate of drug-likeness (QED) is 0.137. The van der Waals surface area contributed by atoms with Crippen LogP contribution in [-0.4, -0.2) is 52.3 Å². The van der Waals surface area contributed by atoms with E-state index in [1.165, 1.54) is 0 Å². The van der Waals surface area contributed by atoms with Gasteiger partial charge in [0.25, 0.3) is 0 Å². The second kappa shape index (κ2) is 11.6. The van der Waals surface area contributed by atoms with Gasteiger partial charge in [0.1, 0.15) is 0 Å². The van der Waals surface area contributed by atoms with Gasteiger partial charge in [0.05, 0.1) is 12.2 Å². The van der Waals surface area contributed by atoms with Crippen molar-refractivity contribution in [2.75, 3.05) is 0 Å². The molecule has 10 heteroatoms. The Morgan fingerprint density at radius 2 is 1.23 bits per heavy atom. The third-order valence-corrected chi connectivity index (χ3v) is 8.34. The van der Waals surface area contributed by atoms with Crippen LogP contribution in [0.2, 0.25) is 0 Å².